The van der Waals surface area contributed by atoms with Crippen molar-refractivity contribution in [1.82, 2.24) is 0 Å². The summed E-state index contributed by atoms with van der Waals surface area (Å²) >= 11 is 3.27. The number of nitrogens with zero attached hydrogens (tertiary/aromatic N) is 1. The molecule has 0 spiro atoms. The lowest BCUT2D eigenvalue weighted by Crippen LogP contribution is -2.09. The number of Topliss-reactive ketones (excluding diaryl/α,β-unsaturated/α-hetero) is 1. The number of hydrogen-bond donors (Lipinski definition) is 0. The summed E-state index contributed by atoms with van der Waals surface area (Å²) < 4.78 is 4.87. The molecule has 1 rings (SSSR count). The fourth-order valence-electron chi connectivity index (χ4n) is 1.64. The van der Waals surface area contributed by atoms with E-state index in [0.29, 0.717) is 23.3 Å². The van der Waals surface area contributed by atoms with E-state index in [1.54, 1.807) is 25.1 Å². The van der Waals surface area contributed by atoms with E-state index in [0.717, 1.165) is 0 Å². The summed E-state index contributed by atoms with van der Waals surface area (Å²) in [6.45, 7) is 3.51. The van der Waals surface area contributed by atoms with Gasteiger partial charge in [0.15, 0.2) is 0 Å². The summed E-state index contributed by atoms with van der Waals surface area (Å²) in [5.41, 5.74) is 1.76. The van der Waals surface area contributed by atoms with Crippen LogP contribution in [-0.2, 0) is 20.7 Å². The van der Waals surface area contributed by atoms with Gasteiger partial charge in [0, 0.05) is 0 Å². The smallest absolute Gasteiger partial charge is 0.310 e. The van der Waals surface area contributed by atoms with Gasteiger partial charge in [-0.3, -0.25) is 9.59 Å². The van der Waals surface area contributed by atoms with Crippen LogP contribution in [0.1, 0.15) is 35.4 Å². The molecule has 100 valence electrons. The largest absolute Gasteiger partial charge is 0.466 e. The molecule has 5 heteroatoms. The first-order valence-electron chi connectivity index (χ1n) is 5.82. The van der Waals surface area contributed by atoms with Crippen molar-refractivity contribution in [3.8, 4) is 6.07 Å². The maximum absolute atomic E-state index is 11.4. The van der Waals surface area contributed by atoms with Crippen LogP contribution in [0.25, 0.3) is 0 Å². The molecule has 0 N–H and O–H groups in total. The van der Waals surface area contributed by atoms with Crippen LogP contribution in [0, 0.1) is 11.3 Å². The summed E-state index contributed by atoms with van der Waals surface area (Å²) in [6.07, 6.45) is 0.0913. The van der Waals surface area contributed by atoms with Gasteiger partial charge < -0.3 is 4.74 Å². The van der Waals surface area contributed by atoms with Crippen LogP contribution in [0.4, 0.5) is 0 Å². The highest BCUT2D eigenvalue weighted by Crippen LogP contribution is 2.26. The van der Waals surface area contributed by atoms with Crippen LogP contribution in [0.15, 0.2) is 18.2 Å². The predicted octanol–water partition coefficient (Wildman–Crippen LogP) is 2.69. The lowest BCUT2D eigenvalue weighted by Gasteiger charge is -2.09. The minimum absolute atomic E-state index is 0.0582. The van der Waals surface area contributed by atoms with E-state index >= 15 is 0 Å². The van der Waals surface area contributed by atoms with E-state index in [1.165, 1.54) is 6.92 Å². The van der Waals surface area contributed by atoms with Gasteiger partial charge >= 0.3 is 5.97 Å². The number of hydrogen-bond acceptors (Lipinski definition) is 4. The van der Waals surface area contributed by atoms with Gasteiger partial charge in [0.2, 0.25) is 0 Å². The molecule has 1 unspecified atom stereocenters. The topological polar surface area (TPSA) is 67.2 Å². The van der Waals surface area contributed by atoms with E-state index in [-0.39, 0.29) is 18.2 Å². The van der Waals surface area contributed by atoms with Crippen molar-refractivity contribution in [1.29, 1.82) is 5.26 Å². The van der Waals surface area contributed by atoms with Gasteiger partial charge in [-0.2, -0.15) is 5.26 Å². The molecule has 1 atom stereocenters. The average Bonchev–Trinajstić information content (AvgIpc) is 2.37. The Labute approximate surface area is 120 Å². The number of esters is 1. The summed E-state index contributed by atoms with van der Waals surface area (Å²) in [4.78, 5) is 22.3. The molecule has 0 saturated carbocycles. The number of carbonyl (C=O) groups excluding carboxylic acids is 2. The summed E-state index contributed by atoms with van der Waals surface area (Å²) in [5.74, 6) is -0.408. The van der Waals surface area contributed by atoms with Gasteiger partial charge in [-0.05, 0) is 37.1 Å². The maximum Gasteiger partial charge on any atom is 0.310 e. The molecule has 4 nitrogen and oxygen atoms in total. The molecular weight excluding hydrogens is 310 g/mol. The fraction of sp³-hybridized carbons (Fsp3) is 0.357. The number of ketones is 1. The highest BCUT2D eigenvalue weighted by Gasteiger charge is 2.15. The Bertz CT molecular complexity index is 534. The van der Waals surface area contributed by atoms with Crippen LogP contribution in [-0.4, -0.2) is 18.4 Å². The number of nitriles is 1. The Morgan fingerprint density at radius 3 is 2.63 bits per heavy atom. The number of rotatable bonds is 5. The van der Waals surface area contributed by atoms with Gasteiger partial charge in [0.25, 0.3) is 0 Å². The summed E-state index contributed by atoms with van der Waals surface area (Å²) in [6, 6.07) is 7.02. The third-order valence-electron chi connectivity index (χ3n) is 2.45. The lowest BCUT2D eigenvalue weighted by atomic mass is 10.0. The van der Waals surface area contributed by atoms with Gasteiger partial charge in [-0.15, -0.1) is 0 Å². The maximum atomic E-state index is 11.4. The van der Waals surface area contributed by atoms with Crippen LogP contribution in [0.3, 0.4) is 0 Å². The molecule has 0 bridgehead atoms. The quantitative estimate of drug-likeness (QED) is 0.617. The first kappa shape index (κ1) is 15.4. The van der Waals surface area contributed by atoms with Crippen molar-refractivity contribution in [2.75, 3.05) is 6.61 Å². The zero-order valence-corrected chi connectivity index (χ0v) is 12.4. The van der Waals surface area contributed by atoms with Crippen LogP contribution < -0.4 is 0 Å². The second kappa shape index (κ2) is 7.05. The second-order valence-electron chi connectivity index (χ2n) is 4.03. The van der Waals surface area contributed by atoms with E-state index in [4.69, 9.17) is 10.00 Å². The third kappa shape index (κ3) is 4.49. The van der Waals surface area contributed by atoms with Crippen molar-refractivity contribution in [3.05, 3.63) is 34.9 Å². The molecule has 0 amide bonds. The number of halogens is 1. The monoisotopic (exact) mass is 323 g/mol. The predicted molar refractivity (Wildman–Crippen MR) is 73.8 cm³/mol. The molecule has 0 aliphatic rings. The number of carbonyl (C=O) groups is 2. The summed E-state index contributed by atoms with van der Waals surface area (Å²) in [5, 5.41) is 8.98. The van der Waals surface area contributed by atoms with Crippen molar-refractivity contribution in [2.24, 2.45) is 0 Å². The first-order chi connectivity index (χ1) is 8.97. The molecule has 0 aliphatic heterocycles. The zero-order valence-electron chi connectivity index (χ0n) is 10.8. The molecule has 0 fully saturated rings. The van der Waals surface area contributed by atoms with Crippen molar-refractivity contribution < 1.29 is 14.3 Å². The first-order valence-corrected chi connectivity index (χ1v) is 6.73. The Balaban J connectivity index is 3.06. The van der Waals surface area contributed by atoms with Crippen LogP contribution in [0.2, 0.25) is 0 Å². The molecule has 19 heavy (non-hydrogen) atoms. The van der Waals surface area contributed by atoms with Crippen molar-refractivity contribution >= 4 is 27.7 Å². The van der Waals surface area contributed by atoms with E-state index in [1.807, 2.05) is 6.07 Å². The third-order valence-corrected chi connectivity index (χ3v) is 3.62. The van der Waals surface area contributed by atoms with Gasteiger partial charge in [-0.25, -0.2) is 0 Å². The molecule has 0 radical (unpaired) electrons. The number of ether oxygens (including phenoxy) is 1. The Morgan fingerprint density at radius 2 is 2.11 bits per heavy atom. The molecule has 0 heterocycles. The second-order valence-corrected chi connectivity index (χ2v) is 4.95. The Kier molecular flexibility index (Phi) is 5.71. The Hall–Kier alpha value is -1.67. The highest BCUT2D eigenvalue weighted by atomic mass is 79.9. The minimum Gasteiger partial charge on any atom is -0.466 e. The van der Waals surface area contributed by atoms with Gasteiger partial charge in [0.05, 0.1) is 29.5 Å². The van der Waals surface area contributed by atoms with Gasteiger partial charge in [0.1, 0.15) is 5.78 Å². The van der Waals surface area contributed by atoms with Gasteiger partial charge in [-0.1, -0.05) is 22.0 Å². The molecule has 0 saturated heterocycles. The van der Waals surface area contributed by atoms with E-state index < -0.39 is 4.83 Å². The lowest BCUT2D eigenvalue weighted by molar-refractivity contribution is -0.142. The molecule has 1 aromatic rings. The van der Waals surface area contributed by atoms with Crippen molar-refractivity contribution in [3.63, 3.8) is 0 Å². The van der Waals surface area contributed by atoms with Crippen molar-refractivity contribution in [2.45, 2.75) is 25.1 Å². The Morgan fingerprint density at radius 1 is 1.42 bits per heavy atom. The fourth-order valence-corrected chi connectivity index (χ4v) is 1.91. The summed E-state index contributed by atoms with van der Waals surface area (Å²) in [7, 11) is 0. The number of benzene rings is 1. The molecular formula is C14H14BrNO3. The average molecular weight is 324 g/mol. The molecule has 0 aliphatic carbocycles. The molecule has 0 aromatic heterocycles. The normalized spacial score (nSPS) is 11.5. The van der Waals surface area contributed by atoms with Crippen LogP contribution in [0.5, 0.6) is 0 Å². The molecule has 1 aromatic carbocycles. The minimum atomic E-state index is -0.471. The van der Waals surface area contributed by atoms with E-state index in [9.17, 15) is 9.59 Å². The number of alkyl halides is 1. The van der Waals surface area contributed by atoms with Crippen LogP contribution >= 0.6 is 15.9 Å². The standard InChI is InChI=1S/C14H14BrNO3/c1-3-19-13(18)7-10-4-11(8-16)6-12(5-10)14(15)9(2)17/h4-6,14H,3,7H2,1-2H3. The zero-order chi connectivity index (χ0) is 14.4. The SMILES string of the molecule is CCOC(=O)Cc1cc(C#N)cc(C(Br)C(C)=O)c1. The van der Waals surface area contributed by atoms with E-state index in [2.05, 4.69) is 15.9 Å². The highest BCUT2D eigenvalue weighted by molar-refractivity contribution is 9.09.